The minimum absolute atomic E-state index is 0.159. The zero-order valence-corrected chi connectivity index (χ0v) is 14.0. The third-order valence-electron chi connectivity index (χ3n) is 4.24. The smallest absolute Gasteiger partial charge is 0.306 e. The van der Waals surface area contributed by atoms with Crippen molar-refractivity contribution in [3.63, 3.8) is 0 Å². The summed E-state index contributed by atoms with van der Waals surface area (Å²) in [4.78, 5) is 11.0. The van der Waals surface area contributed by atoms with Gasteiger partial charge in [0.15, 0.2) is 0 Å². The first kappa shape index (κ1) is 16.3. The molecule has 1 unspecified atom stereocenters. The second kappa shape index (κ2) is 7.27. The van der Waals surface area contributed by atoms with Gasteiger partial charge in [0.05, 0.1) is 17.5 Å². The molecule has 1 atom stereocenters. The van der Waals surface area contributed by atoms with Gasteiger partial charge in [0.1, 0.15) is 5.75 Å². The van der Waals surface area contributed by atoms with E-state index in [9.17, 15) is 4.79 Å². The predicted octanol–water partition coefficient (Wildman–Crippen LogP) is 3.75. The van der Waals surface area contributed by atoms with Crippen molar-refractivity contribution in [2.24, 2.45) is 5.92 Å². The minimum atomic E-state index is -0.652. The summed E-state index contributed by atoms with van der Waals surface area (Å²) in [6.45, 7) is 2.14. The van der Waals surface area contributed by atoms with Gasteiger partial charge < -0.3 is 15.2 Å². The lowest BCUT2D eigenvalue weighted by atomic mass is 9.85. The SMILES string of the molecule is COc1ccc(C(C)NC2CCC(C(=O)O)CC2)cc1Br. The molecule has 1 saturated carbocycles. The zero-order valence-electron chi connectivity index (χ0n) is 12.4. The quantitative estimate of drug-likeness (QED) is 0.844. The molecular weight excluding hydrogens is 334 g/mol. The summed E-state index contributed by atoms with van der Waals surface area (Å²) in [6, 6.07) is 6.72. The van der Waals surface area contributed by atoms with Crippen molar-refractivity contribution in [3.8, 4) is 5.75 Å². The number of carboxylic acids is 1. The van der Waals surface area contributed by atoms with Crippen molar-refractivity contribution in [3.05, 3.63) is 28.2 Å². The summed E-state index contributed by atoms with van der Waals surface area (Å²) >= 11 is 3.51. The van der Waals surface area contributed by atoms with Gasteiger partial charge in [-0.25, -0.2) is 0 Å². The Labute approximate surface area is 134 Å². The molecule has 1 aliphatic rings. The average Bonchev–Trinajstić information content (AvgIpc) is 2.47. The minimum Gasteiger partial charge on any atom is -0.496 e. The van der Waals surface area contributed by atoms with Crippen molar-refractivity contribution in [1.82, 2.24) is 5.32 Å². The number of methoxy groups -OCH3 is 1. The second-order valence-corrected chi connectivity index (χ2v) is 6.52. The fourth-order valence-corrected chi connectivity index (χ4v) is 3.47. The first-order valence-electron chi connectivity index (χ1n) is 7.33. The van der Waals surface area contributed by atoms with Crippen LogP contribution >= 0.6 is 15.9 Å². The third-order valence-corrected chi connectivity index (χ3v) is 4.86. The number of benzene rings is 1. The molecule has 4 nitrogen and oxygen atoms in total. The maximum absolute atomic E-state index is 11.0. The van der Waals surface area contributed by atoms with Crippen LogP contribution in [-0.2, 0) is 4.79 Å². The Morgan fingerprint density at radius 3 is 2.57 bits per heavy atom. The molecule has 116 valence electrons. The van der Waals surface area contributed by atoms with Crippen LogP contribution < -0.4 is 10.1 Å². The molecule has 1 aliphatic carbocycles. The van der Waals surface area contributed by atoms with Crippen LogP contribution in [0.5, 0.6) is 5.75 Å². The van der Waals surface area contributed by atoms with E-state index in [-0.39, 0.29) is 12.0 Å². The monoisotopic (exact) mass is 355 g/mol. The van der Waals surface area contributed by atoms with E-state index in [1.807, 2.05) is 6.07 Å². The molecule has 1 fully saturated rings. The molecule has 0 heterocycles. The average molecular weight is 356 g/mol. The molecule has 0 saturated heterocycles. The van der Waals surface area contributed by atoms with E-state index in [4.69, 9.17) is 9.84 Å². The fraction of sp³-hybridized carbons (Fsp3) is 0.562. The summed E-state index contributed by atoms with van der Waals surface area (Å²) in [6.07, 6.45) is 3.40. The number of hydrogen-bond donors (Lipinski definition) is 2. The molecule has 0 aromatic heterocycles. The number of ether oxygens (including phenoxy) is 1. The molecule has 5 heteroatoms. The van der Waals surface area contributed by atoms with Gasteiger partial charge in [-0.3, -0.25) is 4.79 Å². The van der Waals surface area contributed by atoms with E-state index >= 15 is 0 Å². The largest absolute Gasteiger partial charge is 0.496 e. The van der Waals surface area contributed by atoms with E-state index in [2.05, 4.69) is 40.3 Å². The standard InChI is InChI=1S/C16H22BrNO3/c1-10(12-5-8-15(21-2)14(17)9-12)18-13-6-3-11(4-7-13)16(19)20/h5,8-11,13,18H,3-4,6-7H2,1-2H3,(H,19,20). The van der Waals surface area contributed by atoms with Crippen LogP contribution in [0.1, 0.15) is 44.2 Å². The maximum atomic E-state index is 11.0. The zero-order chi connectivity index (χ0) is 15.4. The Bertz CT molecular complexity index is 498. The van der Waals surface area contributed by atoms with E-state index in [1.165, 1.54) is 5.56 Å². The number of halogens is 1. The highest BCUT2D eigenvalue weighted by Gasteiger charge is 2.26. The van der Waals surface area contributed by atoms with Gasteiger partial charge in [0.25, 0.3) is 0 Å². The lowest BCUT2D eigenvalue weighted by Gasteiger charge is -2.29. The lowest BCUT2D eigenvalue weighted by molar-refractivity contribution is -0.142. The van der Waals surface area contributed by atoms with E-state index in [0.29, 0.717) is 6.04 Å². The Morgan fingerprint density at radius 2 is 2.05 bits per heavy atom. The molecule has 21 heavy (non-hydrogen) atoms. The van der Waals surface area contributed by atoms with Gasteiger partial charge in [0, 0.05) is 12.1 Å². The summed E-state index contributed by atoms with van der Waals surface area (Å²) in [7, 11) is 1.66. The van der Waals surface area contributed by atoms with Crippen LogP contribution in [-0.4, -0.2) is 24.2 Å². The molecule has 0 radical (unpaired) electrons. The normalized spacial score (nSPS) is 23.6. The molecule has 0 spiro atoms. The van der Waals surface area contributed by atoms with Gasteiger partial charge >= 0.3 is 5.97 Å². The Kier molecular flexibility index (Phi) is 5.65. The molecule has 1 aromatic carbocycles. The fourth-order valence-electron chi connectivity index (χ4n) is 2.91. The molecule has 1 aromatic rings. The molecule has 2 N–H and O–H groups in total. The van der Waals surface area contributed by atoms with Gasteiger partial charge in [-0.05, 0) is 66.2 Å². The third kappa shape index (κ3) is 4.20. The van der Waals surface area contributed by atoms with Gasteiger partial charge in [-0.15, -0.1) is 0 Å². The molecule has 0 aliphatic heterocycles. The van der Waals surface area contributed by atoms with Crippen LogP contribution in [0, 0.1) is 5.92 Å². The summed E-state index contributed by atoms with van der Waals surface area (Å²) < 4.78 is 6.19. The van der Waals surface area contributed by atoms with Crippen molar-refractivity contribution in [2.45, 2.75) is 44.7 Å². The highest BCUT2D eigenvalue weighted by atomic mass is 79.9. The topological polar surface area (TPSA) is 58.6 Å². The molecular formula is C16H22BrNO3. The molecule has 0 bridgehead atoms. The maximum Gasteiger partial charge on any atom is 0.306 e. The number of rotatable bonds is 5. The van der Waals surface area contributed by atoms with Gasteiger partial charge in [-0.2, -0.15) is 0 Å². The predicted molar refractivity (Wildman–Crippen MR) is 85.6 cm³/mol. The van der Waals surface area contributed by atoms with Crippen LogP contribution in [0.15, 0.2) is 22.7 Å². The van der Waals surface area contributed by atoms with Gasteiger partial charge in [0.2, 0.25) is 0 Å². The number of hydrogen-bond acceptors (Lipinski definition) is 3. The number of aliphatic carboxylic acids is 1. The van der Waals surface area contributed by atoms with Crippen molar-refractivity contribution < 1.29 is 14.6 Å². The molecule has 2 rings (SSSR count). The number of carbonyl (C=O) groups is 1. The second-order valence-electron chi connectivity index (χ2n) is 5.67. The van der Waals surface area contributed by atoms with Crippen molar-refractivity contribution in [1.29, 1.82) is 0 Å². The van der Waals surface area contributed by atoms with E-state index in [1.54, 1.807) is 7.11 Å². The van der Waals surface area contributed by atoms with E-state index in [0.717, 1.165) is 35.9 Å². The Morgan fingerprint density at radius 1 is 1.38 bits per heavy atom. The first-order chi connectivity index (χ1) is 10.0. The Balaban J connectivity index is 1.91. The van der Waals surface area contributed by atoms with E-state index < -0.39 is 5.97 Å². The summed E-state index contributed by atoms with van der Waals surface area (Å²) in [5.74, 6) is 0.0157. The van der Waals surface area contributed by atoms with Gasteiger partial charge in [-0.1, -0.05) is 6.07 Å². The highest BCUT2D eigenvalue weighted by Crippen LogP contribution is 2.30. The number of carboxylic acid groups (broad SMARTS) is 1. The van der Waals surface area contributed by atoms with Crippen molar-refractivity contribution >= 4 is 21.9 Å². The Hall–Kier alpha value is -1.07. The number of nitrogens with one attached hydrogen (secondary N) is 1. The van der Waals surface area contributed by atoms with Crippen molar-refractivity contribution in [2.75, 3.05) is 7.11 Å². The molecule has 0 amide bonds. The highest BCUT2D eigenvalue weighted by molar-refractivity contribution is 9.10. The van der Waals surface area contributed by atoms with Crippen LogP contribution in [0.25, 0.3) is 0 Å². The van der Waals surface area contributed by atoms with Crippen LogP contribution in [0.4, 0.5) is 0 Å². The lowest BCUT2D eigenvalue weighted by Crippen LogP contribution is -2.36. The first-order valence-corrected chi connectivity index (χ1v) is 8.13. The van der Waals surface area contributed by atoms with Crippen LogP contribution in [0.3, 0.4) is 0 Å². The summed E-state index contributed by atoms with van der Waals surface area (Å²) in [5.41, 5.74) is 1.20. The van der Waals surface area contributed by atoms with Crippen LogP contribution in [0.2, 0.25) is 0 Å². The summed E-state index contributed by atoms with van der Waals surface area (Å²) in [5, 5.41) is 12.6.